The van der Waals surface area contributed by atoms with Gasteiger partial charge in [0.15, 0.2) is 0 Å². The van der Waals surface area contributed by atoms with Crippen molar-refractivity contribution in [3.8, 4) is 0 Å². The Bertz CT molecular complexity index is 615. The van der Waals surface area contributed by atoms with Gasteiger partial charge in [-0.05, 0) is 40.2 Å². The maximum Gasteiger partial charge on any atom is 0.258 e. The highest BCUT2D eigenvalue weighted by Crippen LogP contribution is 2.32. The third kappa shape index (κ3) is 2.98. The Morgan fingerprint density at radius 3 is 2.67 bits per heavy atom. The van der Waals surface area contributed by atoms with Crippen LogP contribution in [0.3, 0.4) is 0 Å². The molecule has 3 nitrogen and oxygen atoms in total. The molecule has 0 aliphatic rings. The summed E-state index contributed by atoms with van der Waals surface area (Å²) in [6, 6.07) is 6.68. The first-order valence-corrected chi connectivity index (χ1v) is 7.15. The number of nitrogens with one attached hydrogen (secondary N) is 1. The molecule has 3 N–H and O–H groups in total. The van der Waals surface area contributed by atoms with Crippen molar-refractivity contribution in [3.63, 3.8) is 0 Å². The minimum Gasteiger partial charge on any atom is -0.399 e. The normalized spacial score (nSPS) is 10.4. The van der Waals surface area contributed by atoms with Crippen LogP contribution >= 0.6 is 50.5 Å². The number of rotatable bonds is 2. The molecular formula is C11H7BrCl2N2OS. The van der Waals surface area contributed by atoms with E-state index in [1.807, 2.05) is 0 Å². The number of hydrogen-bond acceptors (Lipinski definition) is 3. The highest BCUT2D eigenvalue weighted by atomic mass is 79.9. The molecule has 1 heterocycles. The van der Waals surface area contributed by atoms with Gasteiger partial charge < -0.3 is 11.1 Å². The number of benzene rings is 1. The largest absolute Gasteiger partial charge is 0.399 e. The molecule has 0 aliphatic carbocycles. The maximum atomic E-state index is 12.0. The molecule has 1 aromatic carbocycles. The van der Waals surface area contributed by atoms with E-state index in [0.717, 1.165) is 15.8 Å². The summed E-state index contributed by atoms with van der Waals surface area (Å²) in [6.45, 7) is 0. The van der Waals surface area contributed by atoms with E-state index in [4.69, 9.17) is 28.9 Å². The predicted octanol–water partition coefficient (Wildman–Crippen LogP) is 4.65. The van der Waals surface area contributed by atoms with Gasteiger partial charge in [0.2, 0.25) is 0 Å². The molecule has 0 atom stereocenters. The van der Waals surface area contributed by atoms with Gasteiger partial charge in [0.25, 0.3) is 5.91 Å². The SMILES string of the molecule is Nc1ccc(Br)c(NC(=O)c2cc(Cl)sc2Cl)c1. The van der Waals surface area contributed by atoms with E-state index in [-0.39, 0.29) is 5.91 Å². The molecule has 0 saturated heterocycles. The van der Waals surface area contributed by atoms with Gasteiger partial charge in [-0.2, -0.15) is 0 Å². The monoisotopic (exact) mass is 364 g/mol. The van der Waals surface area contributed by atoms with E-state index < -0.39 is 0 Å². The van der Waals surface area contributed by atoms with Crippen LogP contribution < -0.4 is 11.1 Å². The lowest BCUT2D eigenvalue weighted by molar-refractivity contribution is 0.102. The van der Waals surface area contributed by atoms with E-state index in [1.165, 1.54) is 6.07 Å². The Hall–Kier alpha value is -0.750. The molecule has 0 unspecified atom stereocenters. The summed E-state index contributed by atoms with van der Waals surface area (Å²) in [5.74, 6) is -0.325. The lowest BCUT2D eigenvalue weighted by atomic mass is 10.2. The molecule has 2 rings (SSSR count). The highest BCUT2D eigenvalue weighted by Gasteiger charge is 2.15. The molecule has 7 heteroatoms. The minimum absolute atomic E-state index is 0.325. The Balaban J connectivity index is 2.26. The van der Waals surface area contributed by atoms with E-state index >= 15 is 0 Å². The van der Waals surface area contributed by atoms with Crippen LogP contribution in [0.15, 0.2) is 28.7 Å². The van der Waals surface area contributed by atoms with Crippen molar-refractivity contribution >= 4 is 67.8 Å². The average molecular weight is 366 g/mol. The predicted molar refractivity (Wildman–Crippen MR) is 80.8 cm³/mol. The number of thiophene rings is 1. The number of carbonyl (C=O) groups excluding carboxylic acids is 1. The molecule has 0 spiro atoms. The van der Waals surface area contributed by atoms with Gasteiger partial charge in [-0.3, -0.25) is 4.79 Å². The molecule has 2 aromatic rings. The summed E-state index contributed by atoms with van der Waals surface area (Å²) in [5, 5.41) is 2.72. The Kier molecular flexibility index (Phi) is 4.17. The van der Waals surface area contributed by atoms with Gasteiger partial charge in [-0.25, -0.2) is 0 Å². The summed E-state index contributed by atoms with van der Waals surface area (Å²) in [5.41, 5.74) is 7.15. The number of nitrogen functional groups attached to an aromatic ring is 1. The summed E-state index contributed by atoms with van der Waals surface area (Å²) in [6.07, 6.45) is 0. The second kappa shape index (κ2) is 5.48. The first-order chi connectivity index (χ1) is 8.47. The first kappa shape index (κ1) is 13.7. The van der Waals surface area contributed by atoms with Gasteiger partial charge in [0, 0.05) is 10.2 Å². The standard InChI is InChI=1S/C11H7BrCl2N2OS/c12-7-2-1-5(15)3-8(7)16-11(17)6-4-9(13)18-10(6)14/h1-4H,15H2,(H,16,17). The number of nitrogens with two attached hydrogens (primary N) is 1. The first-order valence-electron chi connectivity index (χ1n) is 4.78. The van der Waals surface area contributed by atoms with Crippen LogP contribution in [0.5, 0.6) is 0 Å². The van der Waals surface area contributed by atoms with Crippen LogP contribution in [-0.4, -0.2) is 5.91 Å². The van der Waals surface area contributed by atoms with E-state index in [1.54, 1.807) is 18.2 Å². The molecule has 1 amide bonds. The second-order valence-corrected chi connectivity index (χ2v) is 6.57. The van der Waals surface area contributed by atoms with Crippen molar-refractivity contribution in [1.82, 2.24) is 0 Å². The van der Waals surface area contributed by atoms with Crippen LogP contribution in [0.4, 0.5) is 11.4 Å². The fraction of sp³-hybridized carbons (Fsp3) is 0. The van der Waals surface area contributed by atoms with Gasteiger partial charge >= 0.3 is 0 Å². The molecular weight excluding hydrogens is 359 g/mol. The van der Waals surface area contributed by atoms with Crippen molar-refractivity contribution < 1.29 is 4.79 Å². The Morgan fingerprint density at radius 1 is 1.33 bits per heavy atom. The van der Waals surface area contributed by atoms with Crippen molar-refractivity contribution in [2.75, 3.05) is 11.1 Å². The van der Waals surface area contributed by atoms with E-state index in [2.05, 4.69) is 21.2 Å². The van der Waals surface area contributed by atoms with Gasteiger partial charge in [0.05, 0.1) is 15.6 Å². The van der Waals surface area contributed by atoms with Crippen LogP contribution in [0.25, 0.3) is 0 Å². The van der Waals surface area contributed by atoms with Gasteiger partial charge in [-0.1, -0.05) is 23.2 Å². The topological polar surface area (TPSA) is 55.1 Å². The number of hydrogen-bond donors (Lipinski definition) is 2. The zero-order chi connectivity index (χ0) is 13.3. The average Bonchev–Trinajstić information content (AvgIpc) is 2.63. The summed E-state index contributed by atoms with van der Waals surface area (Å²) in [7, 11) is 0. The number of amides is 1. The second-order valence-electron chi connectivity index (χ2n) is 3.43. The molecule has 0 bridgehead atoms. The summed E-state index contributed by atoms with van der Waals surface area (Å²) >= 11 is 16.2. The molecule has 0 saturated carbocycles. The van der Waals surface area contributed by atoms with Gasteiger partial charge in [-0.15, -0.1) is 11.3 Å². The zero-order valence-electron chi connectivity index (χ0n) is 8.84. The molecule has 0 aliphatic heterocycles. The third-order valence-electron chi connectivity index (χ3n) is 2.14. The highest BCUT2D eigenvalue weighted by molar-refractivity contribution is 9.10. The number of anilines is 2. The minimum atomic E-state index is -0.325. The lowest BCUT2D eigenvalue weighted by Gasteiger charge is -2.07. The molecule has 18 heavy (non-hydrogen) atoms. The third-order valence-corrected chi connectivity index (χ3v) is 4.32. The fourth-order valence-corrected chi connectivity index (χ4v) is 3.13. The fourth-order valence-electron chi connectivity index (χ4n) is 1.32. The van der Waals surface area contributed by atoms with E-state index in [9.17, 15) is 4.79 Å². The van der Waals surface area contributed by atoms with E-state index in [0.29, 0.717) is 25.6 Å². The van der Waals surface area contributed by atoms with Crippen LogP contribution in [0.1, 0.15) is 10.4 Å². The summed E-state index contributed by atoms with van der Waals surface area (Å²) < 4.78 is 1.57. The molecule has 94 valence electrons. The van der Waals surface area contributed by atoms with Crippen molar-refractivity contribution in [2.45, 2.75) is 0 Å². The molecule has 0 radical (unpaired) electrons. The van der Waals surface area contributed by atoms with Crippen molar-refractivity contribution in [3.05, 3.63) is 43.0 Å². The maximum absolute atomic E-state index is 12.0. The van der Waals surface area contributed by atoms with Crippen molar-refractivity contribution in [2.24, 2.45) is 0 Å². The lowest BCUT2D eigenvalue weighted by Crippen LogP contribution is -2.12. The Morgan fingerprint density at radius 2 is 2.06 bits per heavy atom. The number of carbonyl (C=O) groups is 1. The van der Waals surface area contributed by atoms with Crippen LogP contribution in [0.2, 0.25) is 8.67 Å². The molecule has 0 fully saturated rings. The number of halogens is 3. The zero-order valence-corrected chi connectivity index (χ0v) is 12.8. The molecule has 1 aromatic heterocycles. The van der Waals surface area contributed by atoms with Crippen molar-refractivity contribution in [1.29, 1.82) is 0 Å². The van der Waals surface area contributed by atoms with Gasteiger partial charge in [0.1, 0.15) is 4.34 Å². The van der Waals surface area contributed by atoms with Crippen LogP contribution in [-0.2, 0) is 0 Å². The Labute approximate surface area is 126 Å². The van der Waals surface area contributed by atoms with Crippen LogP contribution in [0, 0.1) is 0 Å². The quantitative estimate of drug-likeness (QED) is 0.761. The smallest absolute Gasteiger partial charge is 0.258 e. The summed E-state index contributed by atoms with van der Waals surface area (Å²) in [4.78, 5) is 12.0.